The van der Waals surface area contributed by atoms with Crippen molar-refractivity contribution < 1.29 is 4.79 Å². The van der Waals surface area contributed by atoms with E-state index >= 15 is 0 Å². The van der Waals surface area contributed by atoms with Crippen LogP contribution < -0.4 is 0 Å². The van der Waals surface area contributed by atoms with Gasteiger partial charge in [0.25, 0.3) is 0 Å². The zero-order chi connectivity index (χ0) is 15.3. The summed E-state index contributed by atoms with van der Waals surface area (Å²) in [5.74, 6) is 0. The van der Waals surface area contributed by atoms with Crippen molar-refractivity contribution in [3.05, 3.63) is 36.0 Å². The summed E-state index contributed by atoms with van der Waals surface area (Å²) in [4.78, 5) is 18.4. The topological polar surface area (TPSA) is 31.7 Å². The Bertz CT molecular complexity index is 723. The second-order valence-electron chi connectivity index (χ2n) is 6.53. The van der Waals surface area contributed by atoms with Gasteiger partial charge in [0.2, 0.25) is 0 Å². The minimum absolute atomic E-state index is 0.190. The van der Waals surface area contributed by atoms with Crippen LogP contribution in [0.25, 0.3) is 10.9 Å². The molecule has 0 saturated carbocycles. The molecule has 5 heteroatoms. The molecular formula is C17H22N4O. The summed E-state index contributed by atoms with van der Waals surface area (Å²) >= 11 is 0. The minimum Gasteiger partial charge on any atom is -0.350 e. The third-order valence-corrected chi connectivity index (χ3v) is 5.00. The van der Waals surface area contributed by atoms with E-state index < -0.39 is 0 Å². The number of hydrogen-bond donors (Lipinski definition) is 0. The molecule has 116 valence electrons. The number of urea groups is 1. The number of fused-ring (bicyclic) bond motifs is 2. The first-order valence-corrected chi connectivity index (χ1v) is 7.90. The SMILES string of the molecule is CN1CC2CN(Cc3cn(C)c4ccccc34)CCN2C1=O. The van der Waals surface area contributed by atoms with Gasteiger partial charge >= 0.3 is 6.03 Å². The molecule has 2 fully saturated rings. The molecule has 4 rings (SSSR count). The van der Waals surface area contributed by atoms with E-state index in [1.807, 2.05) is 16.8 Å². The Morgan fingerprint density at radius 3 is 2.82 bits per heavy atom. The number of piperazine rings is 1. The largest absolute Gasteiger partial charge is 0.350 e. The highest BCUT2D eigenvalue weighted by Gasteiger charge is 2.38. The third kappa shape index (κ3) is 2.08. The lowest BCUT2D eigenvalue weighted by molar-refractivity contribution is 0.116. The molecule has 3 heterocycles. The van der Waals surface area contributed by atoms with Crippen LogP contribution in [-0.4, -0.2) is 64.6 Å². The summed E-state index contributed by atoms with van der Waals surface area (Å²) in [6.07, 6.45) is 2.24. The molecule has 2 aliphatic heterocycles. The Kier molecular flexibility index (Phi) is 3.11. The van der Waals surface area contributed by atoms with Crippen molar-refractivity contribution in [2.75, 3.05) is 33.2 Å². The van der Waals surface area contributed by atoms with E-state index in [1.165, 1.54) is 16.5 Å². The van der Waals surface area contributed by atoms with Crippen molar-refractivity contribution in [2.24, 2.45) is 7.05 Å². The van der Waals surface area contributed by atoms with Crippen LogP contribution in [0.3, 0.4) is 0 Å². The molecule has 22 heavy (non-hydrogen) atoms. The fourth-order valence-electron chi connectivity index (χ4n) is 3.88. The van der Waals surface area contributed by atoms with Gasteiger partial charge in [0.1, 0.15) is 0 Å². The average molecular weight is 298 g/mol. The number of likely N-dealkylation sites (N-methyl/N-ethyl adjacent to an activating group) is 1. The average Bonchev–Trinajstić information content (AvgIpc) is 2.98. The minimum atomic E-state index is 0.190. The standard InChI is InChI=1S/C17H22N4O/c1-18-9-13(15-5-3-4-6-16(15)18)10-20-7-8-21-14(12-20)11-19(2)17(21)22/h3-6,9,14H,7-8,10-12H2,1-2H3. The van der Waals surface area contributed by atoms with Crippen molar-refractivity contribution >= 4 is 16.9 Å². The number of rotatable bonds is 2. The zero-order valence-electron chi connectivity index (χ0n) is 13.2. The predicted octanol–water partition coefficient (Wildman–Crippen LogP) is 1.73. The van der Waals surface area contributed by atoms with Gasteiger partial charge < -0.3 is 14.4 Å². The van der Waals surface area contributed by atoms with Crippen LogP contribution in [0.5, 0.6) is 0 Å². The summed E-state index contributed by atoms with van der Waals surface area (Å²) < 4.78 is 2.20. The van der Waals surface area contributed by atoms with Crippen molar-refractivity contribution in [3.8, 4) is 0 Å². The Morgan fingerprint density at radius 1 is 1.14 bits per heavy atom. The number of hydrogen-bond acceptors (Lipinski definition) is 2. The van der Waals surface area contributed by atoms with E-state index in [4.69, 9.17) is 0 Å². The van der Waals surface area contributed by atoms with E-state index in [9.17, 15) is 4.79 Å². The summed E-state index contributed by atoms with van der Waals surface area (Å²) in [5, 5.41) is 1.34. The molecule has 2 amide bonds. The molecule has 0 radical (unpaired) electrons. The van der Waals surface area contributed by atoms with Crippen LogP contribution in [0, 0.1) is 0 Å². The molecule has 0 aliphatic carbocycles. The lowest BCUT2D eigenvalue weighted by Crippen LogP contribution is -2.51. The third-order valence-electron chi connectivity index (χ3n) is 5.00. The Morgan fingerprint density at radius 2 is 1.95 bits per heavy atom. The summed E-state index contributed by atoms with van der Waals surface area (Å²) in [6, 6.07) is 9.10. The maximum Gasteiger partial charge on any atom is 0.320 e. The lowest BCUT2D eigenvalue weighted by atomic mass is 10.1. The van der Waals surface area contributed by atoms with Gasteiger partial charge in [-0.25, -0.2) is 4.79 Å². The molecule has 2 aromatic rings. The molecule has 1 aromatic heterocycles. The van der Waals surface area contributed by atoms with Gasteiger partial charge in [-0.05, 0) is 11.6 Å². The summed E-state index contributed by atoms with van der Waals surface area (Å²) in [6.45, 7) is 4.59. The number of para-hydroxylation sites is 1. The van der Waals surface area contributed by atoms with Crippen LogP contribution in [0.2, 0.25) is 0 Å². The van der Waals surface area contributed by atoms with E-state index in [0.717, 1.165) is 32.7 Å². The fourth-order valence-corrected chi connectivity index (χ4v) is 3.88. The maximum atomic E-state index is 12.0. The molecule has 0 N–H and O–H groups in total. The van der Waals surface area contributed by atoms with Gasteiger partial charge in [-0.1, -0.05) is 18.2 Å². The van der Waals surface area contributed by atoms with Crippen molar-refractivity contribution in [1.29, 1.82) is 0 Å². The normalized spacial score (nSPS) is 22.6. The van der Waals surface area contributed by atoms with Crippen molar-refractivity contribution in [2.45, 2.75) is 12.6 Å². The van der Waals surface area contributed by atoms with Crippen LogP contribution in [0.4, 0.5) is 4.79 Å². The second-order valence-corrected chi connectivity index (χ2v) is 6.53. The highest BCUT2D eigenvalue weighted by molar-refractivity contribution is 5.83. The number of carbonyl (C=O) groups excluding carboxylic acids is 1. The first-order valence-electron chi connectivity index (χ1n) is 7.90. The molecule has 0 spiro atoms. The van der Waals surface area contributed by atoms with Crippen LogP contribution in [-0.2, 0) is 13.6 Å². The second kappa shape index (κ2) is 5.02. The van der Waals surface area contributed by atoms with Crippen molar-refractivity contribution in [3.63, 3.8) is 0 Å². The highest BCUT2D eigenvalue weighted by Crippen LogP contribution is 2.24. The number of amides is 2. The van der Waals surface area contributed by atoms with Gasteiger partial charge in [-0.15, -0.1) is 0 Å². The van der Waals surface area contributed by atoms with Crippen LogP contribution >= 0.6 is 0 Å². The fraction of sp³-hybridized carbons (Fsp3) is 0.471. The number of benzene rings is 1. The van der Waals surface area contributed by atoms with E-state index in [1.54, 1.807) is 0 Å². The predicted molar refractivity (Wildman–Crippen MR) is 86.7 cm³/mol. The number of aromatic nitrogens is 1. The smallest absolute Gasteiger partial charge is 0.320 e. The molecule has 1 atom stereocenters. The molecule has 2 aliphatic rings. The molecule has 0 bridgehead atoms. The van der Waals surface area contributed by atoms with Gasteiger partial charge in [0.05, 0.1) is 6.04 Å². The van der Waals surface area contributed by atoms with Gasteiger partial charge in [0.15, 0.2) is 0 Å². The van der Waals surface area contributed by atoms with Crippen molar-refractivity contribution in [1.82, 2.24) is 19.3 Å². The summed E-state index contributed by atoms with van der Waals surface area (Å²) in [5.41, 5.74) is 2.66. The van der Waals surface area contributed by atoms with E-state index in [0.29, 0.717) is 6.04 Å². The first kappa shape index (κ1) is 13.6. The molecule has 1 aromatic carbocycles. The Balaban J connectivity index is 1.53. The van der Waals surface area contributed by atoms with Gasteiger partial charge in [0, 0.05) is 63.9 Å². The number of aryl methyl sites for hydroxylation is 1. The van der Waals surface area contributed by atoms with Gasteiger partial charge in [-0.2, -0.15) is 0 Å². The quantitative estimate of drug-likeness (QED) is 0.845. The van der Waals surface area contributed by atoms with Crippen LogP contribution in [0.15, 0.2) is 30.5 Å². The summed E-state index contributed by atoms with van der Waals surface area (Å²) in [7, 11) is 4.00. The maximum absolute atomic E-state index is 12.0. The van der Waals surface area contributed by atoms with E-state index in [-0.39, 0.29) is 6.03 Å². The molecule has 2 saturated heterocycles. The molecule has 1 unspecified atom stereocenters. The zero-order valence-corrected chi connectivity index (χ0v) is 13.2. The number of nitrogens with zero attached hydrogens (tertiary/aromatic N) is 4. The monoisotopic (exact) mass is 298 g/mol. The Hall–Kier alpha value is -2.01. The lowest BCUT2D eigenvalue weighted by Gasteiger charge is -2.36. The van der Waals surface area contributed by atoms with E-state index in [2.05, 4.69) is 47.0 Å². The van der Waals surface area contributed by atoms with Crippen LogP contribution in [0.1, 0.15) is 5.56 Å². The molecular weight excluding hydrogens is 276 g/mol. The first-order chi connectivity index (χ1) is 10.6. The van der Waals surface area contributed by atoms with Gasteiger partial charge in [-0.3, -0.25) is 4.90 Å². The Labute approximate surface area is 130 Å². The number of carbonyl (C=O) groups is 1. The highest BCUT2D eigenvalue weighted by atomic mass is 16.2. The molecule has 5 nitrogen and oxygen atoms in total.